The van der Waals surface area contributed by atoms with Gasteiger partial charge in [-0.1, -0.05) is 12.1 Å². The van der Waals surface area contributed by atoms with Crippen molar-refractivity contribution >= 4 is 11.8 Å². The van der Waals surface area contributed by atoms with Crippen molar-refractivity contribution in [2.75, 3.05) is 32.8 Å². The third-order valence-corrected chi connectivity index (χ3v) is 7.19. The van der Waals surface area contributed by atoms with E-state index in [1.54, 1.807) is 32.0 Å². The number of carbonyl (C=O) groups excluding carboxylic acids is 2. The molecule has 2 aliphatic rings. The Morgan fingerprint density at radius 3 is 2.43 bits per heavy atom. The fourth-order valence-electron chi connectivity index (χ4n) is 5.28. The number of halogens is 1. The summed E-state index contributed by atoms with van der Waals surface area (Å²) in [5.41, 5.74) is 6.81. The van der Waals surface area contributed by atoms with Gasteiger partial charge in [-0.15, -0.1) is 0 Å². The Hall–Kier alpha value is -3.44. The first-order valence-electron chi connectivity index (χ1n) is 12.9. The molecular formula is C29H35FN4O3. The second-order valence-electron chi connectivity index (χ2n) is 10.7. The topological polar surface area (TPSA) is 99.7 Å². The number of alkyl halides is 1. The van der Waals surface area contributed by atoms with Gasteiger partial charge in [0.05, 0.1) is 18.2 Å². The van der Waals surface area contributed by atoms with E-state index in [1.165, 1.54) is 4.90 Å². The van der Waals surface area contributed by atoms with Crippen molar-refractivity contribution in [2.45, 2.75) is 51.2 Å². The number of piperidine rings is 1. The number of nitrogens with zero attached hydrogens (tertiary/aromatic N) is 3. The van der Waals surface area contributed by atoms with Crippen molar-refractivity contribution in [1.29, 1.82) is 5.26 Å². The normalized spacial score (nSPS) is 19.0. The molecule has 2 fully saturated rings. The number of hydrogen-bond donors (Lipinski definition) is 1. The van der Waals surface area contributed by atoms with Gasteiger partial charge in [0.1, 0.15) is 17.5 Å². The number of nitrogens with two attached hydrogens (primary N) is 1. The maximum Gasteiger partial charge on any atom is 0.254 e. The summed E-state index contributed by atoms with van der Waals surface area (Å²) in [7, 11) is 0. The Morgan fingerprint density at radius 1 is 1.11 bits per heavy atom. The van der Waals surface area contributed by atoms with E-state index >= 15 is 0 Å². The third-order valence-electron chi connectivity index (χ3n) is 7.19. The van der Waals surface area contributed by atoms with Crippen LogP contribution in [0.2, 0.25) is 0 Å². The molecule has 0 radical (unpaired) electrons. The highest BCUT2D eigenvalue weighted by Gasteiger charge is 2.33. The number of rotatable bonds is 8. The monoisotopic (exact) mass is 506 g/mol. The molecule has 196 valence electrons. The Morgan fingerprint density at radius 2 is 1.81 bits per heavy atom. The Balaban J connectivity index is 1.37. The molecule has 7 nitrogen and oxygen atoms in total. The summed E-state index contributed by atoms with van der Waals surface area (Å²) in [5, 5.41) is 9.76. The molecule has 2 heterocycles. The van der Waals surface area contributed by atoms with Gasteiger partial charge < -0.3 is 20.3 Å². The van der Waals surface area contributed by atoms with Crippen LogP contribution in [-0.4, -0.2) is 66.1 Å². The van der Waals surface area contributed by atoms with Crippen LogP contribution in [0.5, 0.6) is 5.75 Å². The molecule has 0 spiro atoms. The molecule has 37 heavy (non-hydrogen) atoms. The van der Waals surface area contributed by atoms with E-state index in [4.69, 9.17) is 10.5 Å². The average Bonchev–Trinajstić information content (AvgIpc) is 3.37. The minimum atomic E-state index is -1.18. The molecule has 0 saturated carbocycles. The molecule has 1 unspecified atom stereocenters. The molecule has 2 N–H and O–H groups in total. The number of ether oxygens (including phenoxy) is 1. The number of carbonyl (C=O) groups is 2. The number of hydrogen-bond acceptors (Lipinski definition) is 5. The minimum Gasteiger partial charge on any atom is -0.493 e. The van der Waals surface area contributed by atoms with Crippen LogP contribution in [0.4, 0.5) is 4.39 Å². The predicted octanol–water partition coefficient (Wildman–Crippen LogP) is 4.15. The van der Waals surface area contributed by atoms with Crippen molar-refractivity contribution in [3.8, 4) is 22.9 Å². The van der Waals surface area contributed by atoms with Crippen LogP contribution in [0.15, 0.2) is 42.5 Å². The zero-order valence-corrected chi connectivity index (χ0v) is 21.6. The fraction of sp³-hybridized carbons (Fsp3) is 0.483. The summed E-state index contributed by atoms with van der Waals surface area (Å²) < 4.78 is 19.9. The van der Waals surface area contributed by atoms with Gasteiger partial charge in [0, 0.05) is 18.7 Å². The first-order valence-corrected chi connectivity index (χ1v) is 12.9. The van der Waals surface area contributed by atoms with Gasteiger partial charge >= 0.3 is 0 Å². The molecule has 2 aromatic rings. The lowest BCUT2D eigenvalue weighted by molar-refractivity contribution is -0.121. The van der Waals surface area contributed by atoms with Crippen molar-refractivity contribution in [1.82, 2.24) is 9.80 Å². The van der Waals surface area contributed by atoms with Crippen LogP contribution in [0.1, 0.15) is 55.5 Å². The first kappa shape index (κ1) is 26.6. The molecule has 0 aromatic heterocycles. The second-order valence-corrected chi connectivity index (χ2v) is 10.7. The van der Waals surface area contributed by atoms with Crippen LogP contribution in [0, 0.1) is 17.2 Å². The molecule has 4 rings (SSSR count). The Labute approximate surface area is 218 Å². The molecule has 2 saturated heterocycles. The molecule has 0 bridgehead atoms. The largest absolute Gasteiger partial charge is 0.493 e. The van der Waals surface area contributed by atoms with Gasteiger partial charge in [-0.05, 0) is 100.0 Å². The number of benzene rings is 2. The minimum absolute atomic E-state index is 0.212. The highest BCUT2D eigenvalue weighted by Crippen LogP contribution is 2.29. The standard InChI is InChI=1S/C29H35FN4O3/c1-29(2,30)19-33-14-11-20(12-15-33)18-37-24-9-10-25(23(16-24)17-31)21-5-7-22(8-6-21)28(36)34-13-3-4-26(34)27(32)35/h5-10,16,20,26H,3-4,11-15,18-19H2,1-2H3,(H2,32,35). The summed E-state index contributed by atoms with van der Waals surface area (Å²) in [6.45, 7) is 6.49. The quantitative estimate of drug-likeness (QED) is 0.580. The van der Waals surface area contributed by atoms with E-state index in [2.05, 4.69) is 11.0 Å². The molecule has 8 heteroatoms. The van der Waals surface area contributed by atoms with E-state index in [0.29, 0.717) is 48.9 Å². The summed E-state index contributed by atoms with van der Waals surface area (Å²) >= 11 is 0. The van der Waals surface area contributed by atoms with Gasteiger partial charge in [0.25, 0.3) is 5.91 Å². The lowest BCUT2D eigenvalue weighted by Crippen LogP contribution is -2.43. The Bertz CT molecular complexity index is 1160. The van der Waals surface area contributed by atoms with Gasteiger partial charge in [0.2, 0.25) is 5.91 Å². The lowest BCUT2D eigenvalue weighted by atomic mass is 9.96. The molecule has 2 aliphatic heterocycles. The molecular weight excluding hydrogens is 471 g/mol. The second kappa shape index (κ2) is 11.3. The SMILES string of the molecule is CC(C)(F)CN1CCC(COc2ccc(-c3ccc(C(=O)N4CCCC4C(N)=O)cc3)c(C#N)c2)CC1. The van der Waals surface area contributed by atoms with Crippen LogP contribution in [0.3, 0.4) is 0 Å². The van der Waals surface area contributed by atoms with E-state index < -0.39 is 17.6 Å². The fourth-order valence-corrected chi connectivity index (χ4v) is 5.28. The van der Waals surface area contributed by atoms with Gasteiger partial charge in [-0.2, -0.15) is 5.26 Å². The van der Waals surface area contributed by atoms with Crippen LogP contribution in [0.25, 0.3) is 11.1 Å². The Kier molecular flexibility index (Phi) is 8.13. The maximum absolute atomic E-state index is 13.9. The molecule has 2 amide bonds. The highest BCUT2D eigenvalue weighted by molar-refractivity contribution is 5.98. The smallest absolute Gasteiger partial charge is 0.254 e. The predicted molar refractivity (Wildman–Crippen MR) is 140 cm³/mol. The van der Waals surface area contributed by atoms with Crippen LogP contribution < -0.4 is 10.5 Å². The number of primary amides is 1. The highest BCUT2D eigenvalue weighted by atomic mass is 19.1. The van der Waals surface area contributed by atoms with Crippen molar-refractivity contribution in [3.05, 3.63) is 53.6 Å². The van der Waals surface area contributed by atoms with Crippen LogP contribution >= 0.6 is 0 Å². The third kappa shape index (κ3) is 6.66. The lowest BCUT2D eigenvalue weighted by Gasteiger charge is -2.34. The summed E-state index contributed by atoms with van der Waals surface area (Å²) in [6.07, 6.45) is 3.27. The van der Waals surface area contributed by atoms with Gasteiger partial charge in [-0.25, -0.2) is 4.39 Å². The van der Waals surface area contributed by atoms with Gasteiger partial charge in [-0.3, -0.25) is 9.59 Å². The van der Waals surface area contributed by atoms with E-state index in [0.717, 1.165) is 43.5 Å². The first-order chi connectivity index (χ1) is 17.6. The van der Waals surface area contributed by atoms with Crippen molar-refractivity contribution < 1.29 is 18.7 Å². The summed E-state index contributed by atoms with van der Waals surface area (Å²) in [6, 6.07) is 14.2. The summed E-state index contributed by atoms with van der Waals surface area (Å²) in [5.74, 6) is 0.357. The zero-order valence-electron chi connectivity index (χ0n) is 21.6. The van der Waals surface area contributed by atoms with Crippen LogP contribution in [-0.2, 0) is 4.79 Å². The van der Waals surface area contributed by atoms with Crippen molar-refractivity contribution in [3.63, 3.8) is 0 Å². The van der Waals surface area contributed by atoms with Crippen molar-refractivity contribution in [2.24, 2.45) is 11.7 Å². The molecule has 0 aliphatic carbocycles. The number of likely N-dealkylation sites (tertiary alicyclic amines) is 2. The van der Waals surface area contributed by atoms with E-state index in [9.17, 15) is 19.2 Å². The maximum atomic E-state index is 13.9. The average molecular weight is 507 g/mol. The number of nitriles is 1. The zero-order chi connectivity index (χ0) is 26.6. The molecule has 1 atom stereocenters. The number of amides is 2. The van der Waals surface area contributed by atoms with E-state index in [1.807, 2.05) is 24.3 Å². The van der Waals surface area contributed by atoms with Gasteiger partial charge in [0.15, 0.2) is 0 Å². The molecule has 2 aromatic carbocycles. The van der Waals surface area contributed by atoms with E-state index in [-0.39, 0.29) is 5.91 Å². The summed E-state index contributed by atoms with van der Waals surface area (Å²) in [4.78, 5) is 28.2.